The molecule has 0 bridgehead atoms. The van der Waals surface area contributed by atoms with Crippen LogP contribution in [0.3, 0.4) is 0 Å². The summed E-state index contributed by atoms with van der Waals surface area (Å²) in [5, 5.41) is 5.53. The Morgan fingerprint density at radius 2 is 1.85 bits per heavy atom. The van der Waals surface area contributed by atoms with Crippen LogP contribution in [0.1, 0.15) is 26.3 Å². The van der Waals surface area contributed by atoms with E-state index in [1.165, 1.54) is 6.92 Å². The molecule has 0 aliphatic rings. The molecular weight excluding hydrogens is 278 g/mol. The molecule has 4 N–H and O–H groups in total. The summed E-state index contributed by atoms with van der Waals surface area (Å²) >= 11 is 0. The van der Waals surface area contributed by atoms with Gasteiger partial charge in [-0.15, -0.1) is 12.4 Å². The van der Waals surface area contributed by atoms with Crippen molar-refractivity contribution in [1.29, 1.82) is 0 Å². The second-order valence-corrected chi connectivity index (χ2v) is 5.25. The van der Waals surface area contributed by atoms with Crippen molar-refractivity contribution in [3.63, 3.8) is 0 Å². The Kier molecular flexibility index (Phi) is 6.68. The Morgan fingerprint density at radius 1 is 1.25 bits per heavy atom. The number of hydrogen-bond donors (Lipinski definition) is 3. The molecular formula is C14H22ClN3O2. The smallest absolute Gasteiger partial charge is 0.231 e. The Hall–Kier alpha value is -1.59. The van der Waals surface area contributed by atoms with Gasteiger partial charge in [-0.3, -0.25) is 9.59 Å². The summed E-state index contributed by atoms with van der Waals surface area (Å²) in [5.74, 6) is -0.290. The molecule has 0 radical (unpaired) electrons. The molecule has 0 saturated heterocycles. The molecule has 20 heavy (non-hydrogen) atoms. The summed E-state index contributed by atoms with van der Waals surface area (Å²) in [5.41, 5.74) is 7.20. The molecule has 112 valence electrons. The highest BCUT2D eigenvalue weighted by Crippen LogP contribution is 2.23. The highest BCUT2D eigenvalue weighted by Gasteiger charge is 2.26. The van der Waals surface area contributed by atoms with Crippen molar-refractivity contribution in [2.45, 2.75) is 27.7 Å². The molecule has 2 amide bonds. The first kappa shape index (κ1) is 18.4. The summed E-state index contributed by atoms with van der Waals surface area (Å²) in [7, 11) is 0. The quantitative estimate of drug-likeness (QED) is 0.797. The molecule has 0 heterocycles. The molecule has 0 aliphatic heterocycles. The number of rotatable bonds is 4. The molecule has 6 heteroatoms. The molecule has 5 nitrogen and oxygen atoms in total. The van der Waals surface area contributed by atoms with E-state index in [0.29, 0.717) is 11.4 Å². The van der Waals surface area contributed by atoms with E-state index in [9.17, 15) is 9.59 Å². The minimum atomic E-state index is -0.629. The van der Waals surface area contributed by atoms with Gasteiger partial charge in [0.2, 0.25) is 11.8 Å². The van der Waals surface area contributed by atoms with Crippen molar-refractivity contribution in [3.05, 3.63) is 23.8 Å². The van der Waals surface area contributed by atoms with Crippen LogP contribution < -0.4 is 16.4 Å². The molecule has 0 unspecified atom stereocenters. The van der Waals surface area contributed by atoms with Gasteiger partial charge in [0.05, 0.1) is 5.41 Å². The van der Waals surface area contributed by atoms with Gasteiger partial charge in [0.1, 0.15) is 0 Å². The summed E-state index contributed by atoms with van der Waals surface area (Å²) in [6.45, 7) is 7.17. The number of nitrogens with one attached hydrogen (secondary N) is 2. The van der Waals surface area contributed by atoms with Crippen LogP contribution in [0.4, 0.5) is 11.4 Å². The van der Waals surface area contributed by atoms with E-state index in [-0.39, 0.29) is 30.8 Å². The third kappa shape index (κ3) is 4.83. The van der Waals surface area contributed by atoms with E-state index in [0.717, 1.165) is 5.56 Å². The fourth-order valence-corrected chi connectivity index (χ4v) is 1.42. The predicted octanol–water partition coefficient (Wildman–Crippen LogP) is 2.30. The maximum absolute atomic E-state index is 12.1. The standard InChI is InChI=1S/C14H21N3O2.ClH/c1-9-5-6-11(16-10(2)18)7-12(9)17-13(19)14(3,4)8-15;/h5-7H,8,15H2,1-4H3,(H,16,18)(H,17,19);1H. The Labute approximate surface area is 125 Å². The first-order chi connectivity index (χ1) is 8.76. The van der Waals surface area contributed by atoms with E-state index in [1.54, 1.807) is 26.0 Å². The molecule has 0 fully saturated rings. The zero-order valence-corrected chi connectivity index (χ0v) is 13.1. The van der Waals surface area contributed by atoms with Gasteiger partial charge < -0.3 is 16.4 Å². The number of amides is 2. The average molecular weight is 300 g/mol. The van der Waals surface area contributed by atoms with Crippen molar-refractivity contribution < 1.29 is 9.59 Å². The number of carbonyl (C=O) groups excluding carboxylic acids is 2. The van der Waals surface area contributed by atoms with Crippen molar-refractivity contribution in [2.24, 2.45) is 11.1 Å². The van der Waals surface area contributed by atoms with E-state index in [2.05, 4.69) is 10.6 Å². The molecule has 1 rings (SSSR count). The highest BCUT2D eigenvalue weighted by atomic mass is 35.5. The second-order valence-electron chi connectivity index (χ2n) is 5.25. The summed E-state index contributed by atoms with van der Waals surface area (Å²) < 4.78 is 0. The van der Waals surface area contributed by atoms with Gasteiger partial charge in [0.15, 0.2) is 0 Å². The fourth-order valence-electron chi connectivity index (χ4n) is 1.42. The monoisotopic (exact) mass is 299 g/mol. The third-order valence-corrected chi connectivity index (χ3v) is 2.93. The lowest BCUT2D eigenvalue weighted by Gasteiger charge is -2.22. The Balaban J connectivity index is 0.00000361. The normalized spacial score (nSPS) is 10.4. The minimum absolute atomic E-state index is 0. The van der Waals surface area contributed by atoms with Crippen molar-refractivity contribution >= 4 is 35.6 Å². The molecule has 0 aliphatic carbocycles. The van der Waals surface area contributed by atoms with Gasteiger partial charge in [-0.25, -0.2) is 0 Å². The summed E-state index contributed by atoms with van der Waals surface area (Å²) in [6, 6.07) is 5.37. The lowest BCUT2D eigenvalue weighted by molar-refractivity contribution is -0.123. The van der Waals surface area contributed by atoms with Gasteiger partial charge in [-0.1, -0.05) is 6.07 Å². The van der Waals surface area contributed by atoms with Crippen LogP contribution in [-0.2, 0) is 9.59 Å². The Bertz CT molecular complexity index is 501. The van der Waals surface area contributed by atoms with Crippen molar-refractivity contribution in [1.82, 2.24) is 0 Å². The first-order valence-corrected chi connectivity index (χ1v) is 6.16. The van der Waals surface area contributed by atoms with Crippen LogP contribution in [0.2, 0.25) is 0 Å². The molecule has 0 aromatic heterocycles. The zero-order chi connectivity index (χ0) is 14.6. The topological polar surface area (TPSA) is 84.2 Å². The number of anilines is 2. The van der Waals surface area contributed by atoms with Crippen LogP contribution in [0, 0.1) is 12.3 Å². The van der Waals surface area contributed by atoms with Gasteiger partial charge in [0.25, 0.3) is 0 Å². The van der Waals surface area contributed by atoms with Crippen LogP contribution in [-0.4, -0.2) is 18.4 Å². The number of aryl methyl sites for hydroxylation is 1. The van der Waals surface area contributed by atoms with Crippen LogP contribution >= 0.6 is 12.4 Å². The van der Waals surface area contributed by atoms with Crippen molar-refractivity contribution in [2.75, 3.05) is 17.2 Å². The number of carbonyl (C=O) groups is 2. The van der Waals surface area contributed by atoms with Gasteiger partial charge >= 0.3 is 0 Å². The van der Waals surface area contributed by atoms with Gasteiger partial charge in [-0.05, 0) is 38.5 Å². The SMILES string of the molecule is CC(=O)Nc1ccc(C)c(NC(=O)C(C)(C)CN)c1.Cl. The van der Waals surface area contributed by atoms with E-state index < -0.39 is 5.41 Å². The first-order valence-electron chi connectivity index (χ1n) is 6.16. The fraction of sp³-hybridized carbons (Fsp3) is 0.429. The maximum atomic E-state index is 12.1. The highest BCUT2D eigenvalue weighted by molar-refractivity contribution is 5.97. The zero-order valence-electron chi connectivity index (χ0n) is 12.2. The average Bonchev–Trinajstić information content (AvgIpc) is 2.32. The molecule has 1 aromatic carbocycles. The molecule has 0 saturated carbocycles. The Morgan fingerprint density at radius 3 is 2.35 bits per heavy atom. The molecule has 0 atom stereocenters. The lowest BCUT2D eigenvalue weighted by atomic mass is 9.92. The third-order valence-electron chi connectivity index (χ3n) is 2.93. The molecule has 0 spiro atoms. The van der Waals surface area contributed by atoms with Crippen LogP contribution in [0.25, 0.3) is 0 Å². The van der Waals surface area contributed by atoms with Crippen molar-refractivity contribution in [3.8, 4) is 0 Å². The van der Waals surface area contributed by atoms with Crippen LogP contribution in [0.5, 0.6) is 0 Å². The van der Waals surface area contributed by atoms with Gasteiger partial charge in [-0.2, -0.15) is 0 Å². The number of benzene rings is 1. The largest absolute Gasteiger partial charge is 0.329 e. The second kappa shape index (κ2) is 7.26. The maximum Gasteiger partial charge on any atom is 0.231 e. The minimum Gasteiger partial charge on any atom is -0.329 e. The van der Waals surface area contributed by atoms with E-state index in [1.807, 2.05) is 13.0 Å². The van der Waals surface area contributed by atoms with Crippen LogP contribution in [0.15, 0.2) is 18.2 Å². The lowest BCUT2D eigenvalue weighted by Crippen LogP contribution is -2.37. The number of nitrogens with two attached hydrogens (primary N) is 1. The molecule has 1 aromatic rings. The van der Waals surface area contributed by atoms with E-state index in [4.69, 9.17) is 5.73 Å². The van der Waals surface area contributed by atoms with E-state index >= 15 is 0 Å². The summed E-state index contributed by atoms with van der Waals surface area (Å²) in [4.78, 5) is 23.1. The van der Waals surface area contributed by atoms with Gasteiger partial charge in [0, 0.05) is 24.8 Å². The number of halogens is 1. The predicted molar refractivity (Wildman–Crippen MR) is 84.2 cm³/mol. The number of hydrogen-bond acceptors (Lipinski definition) is 3. The summed E-state index contributed by atoms with van der Waals surface area (Å²) in [6.07, 6.45) is 0.